The van der Waals surface area contributed by atoms with E-state index in [-0.39, 0.29) is 11.9 Å². The molecule has 1 aromatic heterocycles. The van der Waals surface area contributed by atoms with Crippen molar-refractivity contribution in [2.24, 2.45) is 0 Å². The molecule has 2 aliphatic heterocycles. The van der Waals surface area contributed by atoms with Crippen molar-refractivity contribution in [3.63, 3.8) is 0 Å². The summed E-state index contributed by atoms with van der Waals surface area (Å²) in [5.74, 6) is 0.912. The summed E-state index contributed by atoms with van der Waals surface area (Å²) in [6.45, 7) is 9.12. The highest BCUT2D eigenvalue weighted by Gasteiger charge is 2.28. The van der Waals surface area contributed by atoms with E-state index in [1.165, 1.54) is 31.5 Å². The average molecular weight is 368 g/mol. The fourth-order valence-electron chi connectivity index (χ4n) is 4.02. The van der Waals surface area contributed by atoms with Crippen LogP contribution < -0.4 is 4.74 Å². The lowest BCUT2D eigenvalue weighted by molar-refractivity contribution is 0.0633. The summed E-state index contributed by atoms with van der Waals surface area (Å²) in [5.41, 5.74) is 3.02. The molecular weight excluding hydrogens is 340 g/mol. The second-order valence-corrected chi connectivity index (χ2v) is 7.55. The zero-order chi connectivity index (χ0) is 18.8. The number of aryl methyl sites for hydroxylation is 1. The Balaban J connectivity index is 1.58. The van der Waals surface area contributed by atoms with E-state index in [2.05, 4.69) is 28.2 Å². The number of carbonyl (C=O) groups is 1. The van der Waals surface area contributed by atoms with Gasteiger partial charge in [0.1, 0.15) is 18.1 Å². The Morgan fingerprint density at radius 2 is 2.07 bits per heavy atom. The van der Waals surface area contributed by atoms with Crippen molar-refractivity contribution in [1.82, 2.24) is 19.6 Å². The Labute approximate surface area is 160 Å². The van der Waals surface area contributed by atoms with Crippen LogP contribution >= 0.6 is 0 Å². The molecule has 4 rings (SSSR count). The standard InChI is InChI=1S/C21H28N4O2/c1-3-25-19(8-9-22-25)21(26)24-14-18-12-17(13-23-10-4-5-11-23)6-7-20(18)27-15-16(24)2/h6-9,12,16H,3-5,10-11,13-15H2,1-2H3/t16-/m0/s1. The lowest BCUT2D eigenvalue weighted by Gasteiger charge is -2.26. The molecule has 1 atom stereocenters. The van der Waals surface area contributed by atoms with Gasteiger partial charge in [0.05, 0.1) is 12.6 Å². The number of amides is 1. The maximum Gasteiger partial charge on any atom is 0.272 e. The molecule has 6 nitrogen and oxygen atoms in total. The zero-order valence-electron chi connectivity index (χ0n) is 16.2. The minimum Gasteiger partial charge on any atom is -0.491 e. The highest BCUT2D eigenvalue weighted by molar-refractivity contribution is 5.92. The van der Waals surface area contributed by atoms with Gasteiger partial charge in [0.2, 0.25) is 0 Å². The second kappa shape index (κ2) is 7.72. The van der Waals surface area contributed by atoms with Crippen LogP contribution in [0.1, 0.15) is 48.3 Å². The Hall–Kier alpha value is -2.34. The SMILES string of the molecule is CCn1nccc1C(=O)N1Cc2cc(CN3CCCC3)ccc2OC[C@@H]1C. The summed E-state index contributed by atoms with van der Waals surface area (Å²) in [6.07, 6.45) is 4.27. The van der Waals surface area contributed by atoms with E-state index in [4.69, 9.17) is 4.74 Å². The van der Waals surface area contributed by atoms with Crippen LogP contribution in [0.25, 0.3) is 0 Å². The molecule has 1 amide bonds. The Morgan fingerprint density at radius 3 is 2.85 bits per heavy atom. The zero-order valence-corrected chi connectivity index (χ0v) is 16.2. The topological polar surface area (TPSA) is 50.6 Å². The summed E-state index contributed by atoms with van der Waals surface area (Å²) < 4.78 is 7.77. The number of nitrogens with zero attached hydrogens (tertiary/aromatic N) is 4. The summed E-state index contributed by atoms with van der Waals surface area (Å²) in [4.78, 5) is 17.6. The Kier molecular flexibility index (Phi) is 5.16. The van der Waals surface area contributed by atoms with Crippen molar-refractivity contribution < 1.29 is 9.53 Å². The van der Waals surface area contributed by atoms with Gasteiger partial charge in [-0.05, 0) is 63.5 Å². The minimum atomic E-state index is 0.00661. The molecule has 6 heteroatoms. The van der Waals surface area contributed by atoms with Gasteiger partial charge in [0.25, 0.3) is 5.91 Å². The van der Waals surface area contributed by atoms with Gasteiger partial charge in [0, 0.05) is 24.8 Å². The highest BCUT2D eigenvalue weighted by atomic mass is 16.5. The van der Waals surface area contributed by atoms with Crippen LogP contribution in [0, 0.1) is 0 Å². The van der Waals surface area contributed by atoms with E-state index in [1.807, 2.05) is 18.7 Å². The largest absolute Gasteiger partial charge is 0.491 e. The molecule has 1 aromatic carbocycles. The van der Waals surface area contributed by atoms with Crippen molar-refractivity contribution in [3.8, 4) is 5.75 Å². The third-order valence-electron chi connectivity index (χ3n) is 5.58. The lowest BCUT2D eigenvalue weighted by Crippen LogP contribution is -2.40. The molecule has 2 aliphatic rings. The third-order valence-corrected chi connectivity index (χ3v) is 5.58. The van der Waals surface area contributed by atoms with Crippen molar-refractivity contribution in [2.45, 2.75) is 52.4 Å². The minimum absolute atomic E-state index is 0.00661. The first kappa shape index (κ1) is 18.0. The first-order valence-corrected chi connectivity index (χ1v) is 9.95. The van der Waals surface area contributed by atoms with Crippen LogP contribution in [0.4, 0.5) is 0 Å². The van der Waals surface area contributed by atoms with Crippen LogP contribution in [0.3, 0.4) is 0 Å². The maximum absolute atomic E-state index is 13.2. The van der Waals surface area contributed by atoms with Gasteiger partial charge in [-0.1, -0.05) is 6.07 Å². The van der Waals surface area contributed by atoms with Crippen molar-refractivity contribution in [3.05, 3.63) is 47.3 Å². The molecular formula is C21H28N4O2. The molecule has 0 spiro atoms. The lowest BCUT2D eigenvalue weighted by atomic mass is 10.1. The number of benzene rings is 1. The fourth-order valence-corrected chi connectivity index (χ4v) is 4.02. The van der Waals surface area contributed by atoms with E-state index in [0.29, 0.717) is 25.4 Å². The van der Waals surface area contributed by atoms with Crippen molar-refractivity contribution >= 4 is 5.91 Å². The van der Waals surface area contributed by atoms with Crippen LogP contribution in [-0.4, -0.2) is 51.2 Å². The average Bonchev–Trinajstić information content (AvgIpc) is 3.33. The monoisotopic (exact) mass is 368 g/mol. The number of ether oxygens (including phenoxy) is 1. The summed E-state index contributed by atoms with van der Waals surface area (Å²) >= 11 is 0. The predicted octanol–water partition coefficient (Wildman–Crippen LogP) is 2.92. The number of hydrogen-bond donors (Lipinski definition) is 0. The molecule has 0 radical (unpaired) electrons. The molecule has 0 unspecified atom stereocenters. The van der Waals surface area contributed by atoms with Gasteiger partial charge >= 0.3 is 0 Å². The molecule has 0 aliphatic carbocycles. The fraction of sp³-hybridized carbons (Fsp3) is 0.524. The van der Waals surface area contributed by atoms with E-state index in [1.54, 1.807) is 16.9 Å². The molecule has 144 valence electrons. The molecule has 0 N–H and O–H groups in total. The second-order valence-electron chi connectivity index (χ2n) is 7.55. The van der Waals surface area contributed by atoms with Crippen LogP contribution in [0.2, 0.25) is 0 Å². The third kappa shape index (κ3) is 3.72. The smallest absolute Gasteiger partial charge is 0.272 e. The Bertz CT molecular complexity index is 810. The van der Waals surface area contributed by atoms with Crippen molar-refractivity contribution in [2.75, 3.05) is 19.7 Å². The highest BCUT2D eigenvalue weighted by Crippen LogP contribution is 2.28. The van der Waals surface area contributed by atoms with E-state index < -0.39 is 0 Å². The van der Waals surface area contributed by atoms with Gasteiger partial charge < -0.3 is 9.64 Å². The number of likely N-dealkylation sites (tertiary alicyclic amines) is 1. The number of carbonyl (C=O) groups excluding carboxylic acids is 1. The number of hydrogen-bond acceptors (Lipinski definition) is 4. The molecule has 2 aromatic rings. The van der Waals surface area contributed by atoms with E-state index in [0.717, 1.165) is 17.9 Å². The maximum atomic E-state index is 13.2. The molecule has 0 saturated carbocycles. The first-order chi connectivity index (χ1) is 13.2. The molecule has 1 fully saturated rings. The summed E-state index contributed by atoms with van der Waals surface area (Å²) in [7, 11) is 0. The number of rotatable bonds is 4. The summed E-state index contributed by atoms with van der Waals surface area (Å²) in [6, 6.07) is 8.24. The molecule has 27 heavy (non-hydrogen) atoms. The van der Waals surface area contributed by atoms with Crippen LogP contribution in [0.15, 0.2) is 30.5 Å². The summed E-state index contributed by atoms with van der Waals surface area (Å²) in [5, 5.41) is 4.25. The van der Waals surface area contributed by atoms with Gasteiger partial charge in [-0.3, -0.25) is 14.4 Å². The van der Waals surface area contributed by atoms with Gasteiger partial charge in [-0.2, -0.15) is 5.10 Å². The van der Waals surface area contributed by atoms with Crippen LogP contribution in [0.5, 0.6) is 5.75 Å². The molecule has 3 heterocycles. The van der Waals surface area contributed by atoms with Gasteiger partial charge in [-0.15, -0.1) is 0 Å². The molecule has 0 bridgehead atoms. The van der Waals surface area contributed by atoms with Gasteiger partial charge in [-0.25, -0.2) is 0 Å². The normalized spacial score (nSPS) is 20.2. The van der Waals surface area contributed by atoms with Crippen LogP contribution in [-0.2, 0) is 19.6 Å². The van der Waals surface area contributed by atoms with Crippen molar-refractivity contribution in [1.29, 1.82) is 0 Å². The number of aromatic nitrogens is 2. The van der Waals surface area contributed by atoms with E-state index in [9.17, 15) is 4.79 Å². The number of fused-ring (bicyclic) bond motifs is 1. The Morgan fingerprint density at radius 1 is 1.26 bits per heavy atom. The van der Waals surface area contributed by atoms with E-state index >= 15 is 0 Å². The predicted molar refractivity (Wildman–Crippen MR) is 104 cm³/mol. The molecule has 1 saturated heterocycles. The quantitative estimate of drug-likeness (QED) is 0.833. The first-order valence-electron chi connectivity index (χ1n) is 9.95. The van der Waals surface area contributed by atoms with Gasteiger partial charge in [0.15, 0.2) is 0 Å².